The number of nitrogens with two attached hydrogens (primary N) is 1. The average Bonchev–Trinajstić information content (AvgIpc) is 2.42. The van der Waals surface area contributed by atoms with Crippen molar-refractivity contribution in [1.82, 2.24) is 0 Å². The van der Waals surface area contributed by atoms with Crippen LogP contribution in [0.3, 0.4) is 0 Å². The highest BCUT2D eigenvalue weighted by molar-refractivity contribution is 9.10. The molecule has 17 heavy (non-hydrogen) atoms. The zero-order chi connectivity index (χ0) is 12.7. The Balaban J connectivity index is 0.000000686. The summed E-state index contributed by atoms with van der Waals surface area (Å²) in [5, 5.41) is 0. The molecule has 0 unspecified atom stereocenters. The van der Waals surface area contributed by atoms with Gasteiger partial charge in [-0.15, -0.1) is 0 Å². The Kier molecular flexibility index (Phi) is 6.60. The smallest absolute Gasteiger partial charge is 0.0510 e. The van der Waals surface area contributed by atoms with Gasteiger partial charge in [0.2, 0.25) is 0 Å². The summed E-state index contributed by atoms with van der Waals surface area (Å²) in [7, 11) is 3.72. The zero-order valence-corrected chi connectivity index (χ0v) is 12.4. The number of rotatable bonds is 2. The summed E-state index contributed by atoms with van der Waals surface area (Å²) >= 11 is 3.62. The maximum Gasteiger partial charge on any atom is 0.0510 e. The maximum absolute atomic E-state index is 4.50. The molecule has 0 bridgehead atoms. The van der Waals surface area contributed by atoms with Crippen molar-refractivity contribution in [1.29, 1.82) is 0 Å². The number of anilines is 1. The van der Waals surface area contributed by atoms with E-state index in [0.29, 0.717) is 0 Å². The van der Waals surface area contributed by atoms with Crippen molar-refractivity contribution >= 4 is 21.6 Å². The van der Waals surface area contributed by atoms with Crippen LogP contribution in [0.5, 0.6) is 0 Å². The summed E-state index contributed by atoms with van der Waals surface area (Å²) < 4.78 is 1.21. The number of hydrogen-bond donors (Lipinski definition) is 1. The number of nitrogens with zero attached hydrogens (tertiary/aromatic N) is 1. The third-order valence-electron chi connectivity index (χ3n) is 3.35. The molecule has 2 nitrogen and oxygen atoms in total. The molecule has 0 heterocycles. The van der Waals surface area contributed by atoms with Gasteiger partial charge in [-0.25, -0.2) is 0 Å². The van der Waals surface area contributed by atoms with Crippen molar-refractivity contribution in [2.24, 2.45) is 5.73 Å². The van der Waals surface area contributed by atoms with Crippen molar-refractivity contribution in [2.45, 2.75) is 38.1 Å². The van der Waals surface area contributed by atoms with E-state index in [1.807, 2.05) is 0 Å². The lowest BCUT2D eigenvalue weighted by Crippen LogP contribution is -2.33. The number of halogens is 1. The van der Waals surface area contributed by atoms with E-state index in [2.05, 4.69) is 57.9 Å². The van der Waals surface area contributed by atoms with Gasteiger partial charge >= 0.3 is 0 Å². The predicted molar refractivity (Wildman–Crippen MR) is 79.5 cm³/mol. The number of hydrogen-bond acceptors (Lipinski definition) is 2. The SMILES string of the molecule is CN.CN(c1ccccc1Br)C1CCCCC1. The van der Waals surface area contributed by atoms with E-state index in [0.717, 1.165) is 6.04 Å². The Bertz CT molecular complexity index is 322. The van der Waals surface area contributed by atoms with Crippen LogP contribution >= 0.6 is 15.9 Å². The van der Waals surface area contributed by atoms with E-state index >= 15 is 0 Å². The molecule has 0 aromatic heterocycles. The van der Waals surface area contributed by atoms with E-state index in [1.54, 1.807) is 0 Å². The van der Waals surface area contributed by atoms with Crippen molar-refractivity contribution in [3.63, 3.8) is 0 Å². The average molecular weight is 299 g/mol. The number of para-hydroxylation sites is 1. The van der Waals surface area contributed by atoms with Gasteiger partial charge in [0.1, 0.15) is 0 Å². The highest BCUT2D eigenvalue weighted by Crippen LogP contribution is 2.30. The first-order valence-electron chi connectivity index (χ1n) is 6.34. The van der Waals surface area contributed by atoms with Crippen LogP contribution in [-0.2, 0) is 0 Å². The van der Waals surface area contributed by atoms with Crippen LogP contribution < -0.4 is 10.6 Å². The van der Waals surface area contributed by atoms with Crippen molar-refractivity contribution in [3.05, 3.63) is 28.7 Å². The quantitative estimate of drug-likeness (QED) is 0.900. The van der Waals surface area contributed by atoms with Gasteiger partial charge in [-0.3, -0.25) is 0 Å². The third kappa shape index (κ3) is 4.00. The molecule has 2 N–H and O–H groups in total. The van der Waals surface area contributed by atoms with Gasteiger partial charge in [0, 0.05) is 17.6 Å². The molecule has 0 radical (unpaired) electrons. The minimum atomic E-state index is 0.734. The Morgan fingerprint density at radius 2 is 1.71 bits per heavy atom. The van der Waals surface area contributed by atoms with Crippen LogP contribution in [0.1, 0.15) is 32.1 Å². The van der Waals surface area contributed by atoms with E-state index in [1.165, 1.54) is 49.3 Å². The standard InChI is InChI=1S/C13H18BrN.CH5N/c1-15(11-7-3-2-4-8-11)13-10-6-5-9-12(13)14;1-2/h5-6,9-11H,2-4,7-8H2,1H3;2H2,1H3. The van der Waals surface area contributed by atoms with E-state index in [4.69, 9.17) is 0 Å². The Labute approximate surface area is 113 Å². The fourth-order valence-electron chi connectivity index (χ4n) is 2.40. The molecule has 3 heteroatoms. The molecule has 2 rings (SSSR count). The number of benzene rings is 1. The van der Waals surface area contributed by atoms with Gasteiger partial charge in [-0.05, 0) is 48.0 Å². The molecular weight excluding hydrogens is 276 g/mol. The Morgan fingerprint density at radius 1 is 1.12 bits per heavy atom. The topological polar surface area (TPSA) is 29.3 Å². The summed E-state index contributed by atoms with van der Waals surface area (Å²) in [6, 6.07) is 9.23. The fourth-order valence-corrected chi connectivity index (χ4v) is 2.97. The summed E-state index contributed by atoms with van der Waals surface area (Å²) in [6.45, 7) is 0. The normalized spacial score (nSPS) is 16.0. The fraction of sp³-hybridized carbons (Fsp3) is 0.571. The molecule has 0 atom stereocenters. The van der Waals surface area contributed by atoms with E-state index in [9.17, 15) is 0 Å². The molecule has 1 saturated carbocycles. The van der Waals surface area contributed by atoms with Gasteiger partial charge in [0.05, 0.1) is 5.69 Å². The minimum Gasteiger partial charge on any atom is -0.371 e. The van der Waals surface area contributed by atoms with Gasteiger partial charge in [0.25, 0.3) is 0 Å². The molecule has 0 amide bonds. The van der Waals surface area contributed by atoms with E-state index in [-0.39, 0.29) is 0 Å². The van der Waals surface area contributed by atoms with Gasteiger partial charge in [0.15, 0.2) is 0 Å². The minimum absolute atomic E-state index is 0.734. The molecule has 0 aliphatic heterocycles. The monoisotopic (exact) mass is 298 g/mol. The summed E-state index contributed by atoms with van der Waals surface area (Å²) in [6.07, 6.45) is 6.88. The molecule has 0 spiro atoms. The lowest BCUT2D eigenvalue weighted by molar-refractivity contribution is 0.427. The van der Waals surface area contributed by atoms with Crippen molar-refractivity contribution < 1.29 is 0 Å². The second kappa shape index (κ2) is 7.72. The highest BCUT2D eigenvalue weighted by atomic mass is 79.9. The Hall–Kier alpha value is -0.540. The molecule has 1 aromatic carbocycles. The zero-order valence-electron chi connectivity index (χ0n) is 10.8. The van der Waals surface area contributed by atoms with Crippen LogP contribution in [0.15, 0.2) is 28.7 Å². The van der Waals surface area contributed by atoms with Crippen LogP contribution in [-0.4, -0.2) is 20.1 Å². The molecular formula is C14H23BrN2. The van der Waals surface area contributed by atoms with Crippen molar-refractivity contribution in [2.75, 3.05) is 19.0 Å². The van der Waals surface area contributed by atoms with Gasteiger partial charge < -0.3 is 10.6 Å². The first kappa shape index (κ1) is 14.5. The maximum atomic E-state index is 4.50. The molecule has 0 saturated heterocycles. The van der Waals surface area contributed by atoms with E-state index < -0.39 is 0 Å². The second-order valence-corrected chi connectivity index (χ2v) is 5.21. The first-order valence-corrected chi connectivity index (χ1v) is 7.13. The lowest BCUT2D eigenvalue weighted by Gasteiger charge is -2.33. The van der Waals surface area contributed by atoms with Gasteiger partial charge in [-0.2, -0.15) is 0 Å². The largest absolute Gasteiger partial charge is 0.371 e. The van der Waals surface area contributed by atoms with Crippen LogP contribution in [0, 0.1) is 0 Å². The Morgan fingerprint density at radius 3 is 2.29 bits per heavy atom. The van der Waals surface area contributed by atoms with Gasteiger partial charge in [-0.1, -0.05) is 31.4 Å². The molecule has 1 aromatic rings. The molecule has 1 aliphatic carbocycles. The van der Waals surface area contributed by atoms with Crippen LogP contribution in [0.2, 0.25) is 0 Å². The highest BCUT2D eigenvalue weighted by Gasteiger charge is 2.19. The third-order valence-corrected chi connectivity index (χ3v) is 4.03. The summed E-state index contributed by atoms with van der Waals surface area (Å²) in [5.74, 6) is 0. The molecule has 1 aliphatic rings. The van der Waals surface area contributed by atoms with Crippen LogP contribution in [0.25, 0.3) is 0 Å². The molecule has 96 valence electrons. The summed E-state index contributed by atoms with van der Waals surface area (Å²) in [4.78, 5) is 2.43. The predicted octanol–water partition coefficient (Wildman–Crippen LogP) is 3.79. The summed E-state index contributed by atoms with van der Waals surface area (Å²) in [5.41, 5.74) is 5.82. The second-order valence-electron chi connectivity index (χ2n) is 4.35. The lowest BCUT2D eigenvalue weighted by atomic mass is 9.94. The van der Waals surface area contributed by atoms with Crippen LogP contribution in [0.4, 0.5) is 5.69 Å². The molecule has 1 fully saturated rings. The van der Waals surface area contributed by atoms with Crippen molar-refractivity contribution in [3.8, 4) is 0 Å². The first-order chi connectivity index (χ1) is 8.29.